The third kappa shape index (κ3) is 3.49. The summed E-state index contributed by atoms with van der Waals surface area (Å²) in [6.07, 6.45) is 5.28. The Hall–Kier alpha value is -0.0800. The van der Waals surface area contributed by atoms with E-state index in [-0.39, 0.29) is 0 Å². The maximum atomic E-state index is 3.24. The van der Waals surface area contributed by atoms with E-state index in [1.165, 1.54) is 25.7 Å². The minimum absolute atomic E-state index is 0.793. The predicted octanol–water partition coefficient (Wildman–Crippen LogP) is 1.04. The molecule has 0 spiro atoms. The Bertz CT molecular complexity index is 69.3. The highest BCUT2D eigenvalue weighted by Gasteiger charge is 2.19. The summed E-state index contributed by atoms with van der Waals surface area (Å²) >= 11 is 0. The predicted molar refractivity (Wildman–Crippen MR) is 39.1 cm³/mol. The number of unbranched alkanes of at least 4 members (excludes halogenated alkanes) is 1. The van der Waals surface area contributed by atoms with Gasteiger partial charge in [0.05, 0.1) is 0 Å². The van der Waals surface area contributed by atoms with E-state index in [4.69, 9.17) is 0 Å². The van der Waals surface area contributed by atoms with E-state index in [2.05, 4.69) is 17.8 Å². The lowest BCUT2D eigenvalue weighted by Gasteiger charge is -2.02. The van der Waals surface area contributed by atoms with Gasteiger partial charge in [0.25, 0.3) is 0 Å². The highest BCUT2D eigenvalue weighted by molar-refractivity contribution is 4.78. The Kier molecular flexibility index (Phi) is 3.01. The number of hydrazine groups is 1. The Morgan fingerprint density at radius 1 is 1.44 bits per heavy atom. The molecule has 2 nitrogen and oxygen atoms in total. The Balaban J connectivity index is 1.71. The second-order valence-corrected chi connectivity index (χ2v) is 2.70. The zero-order valence-corrected chi connectivity index (χ0v) is 6.11. The third-order valence-electron chi connectivity index (χ3n) is 1.54. The highest BCUT2D eigenvalue weighted by atomic mass is 15.4. The van der Waals surface area contributed by atoms with Crippen LogP contribution in [0.2, 0.25) is 0 Å². The Morgan fingerprint density at radius 2 is 2.22 bits per heavy atom. The normalized spacial score (nSPS) is 18.3. The Morgan fingerprint density at radius 3 is 2.78 bits per heavy atom. The van der Waals surface area contributed by atoms with E-state index in [9.17, 15) is 0 Å². The van der Waals surface area contributed by atoms with E-state index >= 15 is 0 Å². The van der Waals surface area contributed by atoms with Gasteiger partial charge in [-0.2, -0.15) is 0 Å². The van der Waals surface area contributed by atoms with Crippen LogP contribution in [-0.4, -0.2) is 12.6 Å². The maximum Gasteiger partial charge on any atom is 0.0214 e. The molecule has 1 aliphatic rings. The number of rotatable bonds is 5. The molecule has 1 aliphatic carbocycles. The molecular formula is C7H16N2. The summed E-state index contributed by atoms with van der Waals surface area (Å²) < 4.78 is 0. The summed E-state index contributed by atoms with van der Waals surface area (Å²) in [6, 6.07) is 0.793. The largest absolute Gasteiger partial charge is 0.258 e. The van der Waals surface area contributed by atoms with E-state index < -0.39 is 0 Å². The van der Waals surface area contributed by atoms with Crippen molar-refractivity contribution in [1.29, 1.82) is 0 Å². The average molecular weight is 128 g/mol. The van der Waals surface area contributed by atoms with Crippen LogP contribution in [0.5, 0.6) is 0 Å². The fourth-order valence-electron chi connectivity index (χ4n) is 0.709. The zero-order valence-electron chi connectivity index (χ0n) is 6.11. The quantitative estimate of drug-likeness (QED) is 0.427. The van der Waals surface area contributed by atoms with Crippen LogP contribution >= 0.6 is 0 Å². The minimum atomic E-state index is 0.793. The maximum absolute atomic E-state index is 3.24. The monoisotopic (exact) mass is 128 g/mol. The summed E-state index contributed by atoms with van der Waals surface area (Å²) in [7, 11) is 0. The van der Waals surface area contributed by atoms with Crippen molar-refractivity contribution in [3.8, 4) is 0 Å². The smallest absolute Gasteiger partial charge is 0.0214 e. The first kappa shape index (κ1) is 7.03. The molecule has 0 aromatic carbocycles. The van der Waals surface area contributed by atoms with Crippen LogP contribution in [0.25, 0.3) is 0 Å². The van der Waals surface area contributed by atoms with E-state index in [1.807, 2.05) is 0 Å². The van der Waals surface area contributed by atoms with Gasteiger partial charge in [-0.15, -0.1) is 0 Å². The lowest BCUT2D eigenvalue weighted by atomic mass is 10.3. The van der Waals surface area contributed by atoms with Gasteiger partial charge in [0.2, 0.25) is 0 Å². The molecule has 0 aromatic rings. The molecule has 0 bridgehead atoms. The second kappa shape index (κ2) is 3.85. The lowest BCUT2D eigenvalue weighted by molar-refractivity contribution is 0.514. The molecule has 1 fully saturated rings. The van der Waals surface area contributed by atoms with Crippen molar-refractivity contribution >= 4 is 0 Å². The topological polar surface area (TPSA) is 24.1 Å². The van der Waals surface area contributed by atoms with Gasteiger partial charge in [-0.1, -0.05) is 13.3 Å². The molecular weight excluding hydrogens is 112 g/mol. The van der Waals surface area contributed by atoms with Gasteiger partial charge in [-0.05, 0) is 19.3 Å². The second-order valence-electron chi connectivity index (χ2n) is 2.70. The van der Waals surface area contributed by atoms with Crippen molar-refractivity contribution in [3.63, 3.8) is 0 Å². The van der Waals surface area contributed by atoms with Gasteiger partial charge in [-0.25, -0.2) is 0 Å². The molecule has 54 valence electrons. The van der Waals surface area contributed by atoms with Crippen LogP contribution in [0.1, 0.15) is 32.6 Å². The molecule has 1 saturated carbocycles. The molecule has 1 rings (SSSR count). The summed E-state index contributed by atoms with van der Waals surface area (Å²) in [5.74, 6) is 0. The van der Waals surface area contributed by atoms with Gasteiger partial charge in [0.15, 0.2) is 0 Å². The van der Waals surface area contributed by atoms with Crippen LogP contribution in [0.15, 0.2) is 0 Å². The molecule has 0 radical (unpaired) electrons. The van der Waals surface area contributed by atoms with Gasteiger partial charge >= 0.3 is 0 Å². The highest BCUT2D eigenvalue weighted by Crippen LogP contribution is 2.17. The van der Waals surface area contributed by atoms with Crippen molar-refractivity contribution in [2.45, 2.75) is 38.6 Å². The molecule has 0 heterocycles. The number of hydrogen-bond donors (Lipinski definition) is 2. The standard InChI is InChI=1S/C7H16N2/c1-2-3-6-8-9-7-4-5-7/h7-9H,2-6H2,1H3. The minimum Gasteiger partial charge on any atom is -0.258 e. The van der Waals surface area contributed by atoms with E-state index in [0.29, 0.717) is 0 Å². The van der Waals surface area contributed by atoms with Gasteiger partial charge in [-0.3, -0.25) is 10.9 Å². The fourth-order valence-corrected chi connectivity index (χ4v) is 0.709. The van der Waals surface area contributed by atoms with Crippen LogP contribution in [0.4, 0.5) is 0 Å². The first-order chi connectivity index (χ1) is 4.43. The van der Waals surface area contributed by atoms with Crippen molar-refractivity contribution in [2.75, 3.05) is 6.54 Å². The number of nitrogens with one attached hydrogen (secondary N) is 2. The van der Waals surface area contributed by atoms with E-state index in [1.54, 1.807) is 0 Å². The lowest BCUT2D eigenvalue weighted by Crippen LogP contribution is -2.34. The van der Waals surface area contributed by atoms with Gasteiger partial charge in [0, 0.05) is 12.6 Å². The average Bonchev–Trinajstić information content (AvgIpc) is 2.63. The van der Waals surface area contributed by atoms with Gasteiger partial charge in [0.1, 0.15) is 0 Å². The summed E-state index contributed by atoms with van der Waals surface area (Å²) in [6.45, 7) is 3.33. The molecule has 2 heteroatoms. The molecule has 0 unspecified atom stereocenters. The molecule has 0 saturated heterocycles. The molecule has 2 N–H and O–H groups in total. The van der Waals surface area contributed by atoms with Crippen molar-refractivity contribution < 1.29 is 0 Å². The van der Waals surface area contributed by atoms with Crippen molar-refractivity contribution in [3.05, 3.63) is 0 Å². The van der Waals surface area contributed by atoms with Crippen molar-refractivity contribution in [2.24, 2.45) is 0 Å². The first-order valence-electron chi connectivity index (χ1n) is 3.92. The molecule has 0 aliphatic heterocycles. The summed E-state index contributed by atoms with van der Waals surface area (Å²) in [4.78, 5) is 0. The fraction of sp³-hybridized carbons (Fsp3) is 1.00. The third-order valence-corrected chi connectivity index (χ3v) is 1.54. The van der Waals surface area contributed by atoms with E-state index in [0.717, 1.165) is 12.6 Å². The SMILES string of the molecule is CCCCNNC1CC1. The van der Waals surface area contributed by atoms with Crippen LogP contribution in [0, 0.1) is 0 Å². The van der Waals surface area contributed by atoms with Crippen LogP contribution in [0.3, 0.4) is 0 Å². The molecule has 0 amide bonds. The first-order valence-corrected chi connectivity index (χ1v) is 3.92. The van der Waals surface area contributed by atoms with Crippen LogP contribution in [-0.2, 0) is 0 Å². The van der Waals surface area contributed by atoms with Crippen LogP contribution < -0.4 is 10.9 Å². The molecule has 0 aromatic heterocycles. The van der Waals surface area contributed by atoms with Crippen molar-refractivity contribution in [1.82, 2.24) is 10.9 Å². The summed E-state index contributed by atoms with van der Waals surface area (Å²) in [5, 5.41) is 0. The molecule has 0 atom stereocenters. The summed E-state index contributed by atoms with van der Waals surface area (Å²) in [5.41, 5.74) is 6.44. The Labute approximate surface area is 57.0 Å². The van der Waals surface area contributed by atoms with Gasteiger partial charge < -0.3 is 0 Å². The zero-order chi connectivity index (χ0) is 6.53. The molecule has 9 heavy (non-hydrogen) atoms. The number of hydrogen-bond acceptors (Lipinski definition) is 2.